The number of hydrogen-bond acceptors (Lipinski definition) is 1. The minimum Gasteiger partial charge on any atom is -0.303 e. The van der Waals surface area contributed by atoms with Crippen molar-refractivity contribution in [3.63, 3.8) is 0 Å². The average molecular weight is 68.1 g/mol. The van der Waals surface area contributed by atoms with Crippen LogP contribution < -0.4 is 0 Å². The molecule has 1 radical (unpaired) electrons. The molecule has 1 fully saturated rings. The van der Waals surface area contributed by atoms with Gasteiger partial charge in [-0.05, 0) is 12.8 Å². The van der Waals surface area contributed by atoms with E-state index in [2.05, 4.69) is 6.21 Å². The minimum absolute atomic E-state index is 0.551. The lowest BCUT2D eigenvalue weighted by Crippen LogP contribution is -1.64. The van der Waals surface area contributed by atoms with E-state index in [0.717, 1.165) is 0 Å². The predicted molar refractivity (Wildman–Crippen MR) is 20.5 cm³/mol. The molecule has 5 heavy (non-hydrogen) atoms. The fourth-order valence-corrected chi connectivity index (χ4v) is 0.228. The first-order valence-corrected chi connectivity index (χ1v) is 1.86. The van der Waals surface area contributed by atoms with Crippen molar-refractivity contribution >= 4 is 6.21 Å². The van der Waals surface area contributed by atoms with E-state index >= 15 is 0 Å². The van der Waals surface area contributed by atoms with Crippen LogP contribution in [0.5, 0.6) is 0 Å². The number of nitrogens with one attached hydrogen (secondary N) is 1. The maximum Gasteiger partial charge on any atom is 0.0555 e. The Morgan fingerprint density at radius 1 is 1.60 bits per heavy atom. The molecule has 0 heterocycles. The lowest BCUT2D eigenvalue weighted by atomic mass is 10.5. The molecule has 0 aromatic heterocycles. The quantitative estimate of drug-likeness (QED) is 0.442. The van der Waals surface area contributed by atoms with Crippen LogP contribution in [0.4, 0.5) is 0 Å². The fourth-order valence-electron chi connectivity index (χ4n) is 0.228. The lowest BCUT2D eigenvalue weighted by Gasteiger charge is -1.58. The second kappa shape index (κ2) is 0.814. The topological polar surface area (TPSA) is 23.9 Å². The van der Waals surface area contributed by atoms with Gasteiger partial charge in [0.25, 0.3) is 0 Å². The van der Waals surface area contributed by atoms with E-state index in [4.69, 9.17) is 5.41 Å². The van der Waals surface area contributed by atoms with Crippen molar-refractivity contribution in [3.8, 4) is 0 Å². The fraction of sp³-hybridized carbons (Fsp3) is 0.750. The van der Waals surface area contributed by atoms with Gasteiger partial charge in [-0.1, -0.05) is 0 Å². The molecule has 1 N–H and O–H groups in total. The van der Waals surface area contributed by atoms with Crippen LogP contribution in [0.15, 0.2) is 0 Å². The summed E-state index contributed by atoms with van der Waals surface area (Å²) in [6.07, 6.45) is 4.81. The smallest absolute Gasteiger partial charge is 0.0555 e. The maximum absolute atomic E-state index is 6.47. The summed E-state index contributed by atoms with van der Waals surface area (Å²) in [6, 6.07) is 0. The van der Waals surface area contributed by atoms with Gasteiger partial charge in [-0.15, -0.1) is 0 Å². The van der Waals surface area contributed by atoms with Gasteiger partial charge in [0.1, 0.15) is 0 Å². The van der Waals surface area contributed by atoms with Gasteiger partial charge in [-0.3, -0.25) is 0 Å². The predicted octanol–water partition coefficient (Wildman–Crippen LogP) is 0.923. The Morgan fingerprint density at radius 3 is 2.20 bits per heavy atom. The van der Waals surface area contributed by atoms with Gasteiger partial charge in [-0.25, -0.2) is 0 Å². The molecule has 1 heteroatoms. The van der Waals surface area contributed by atoms with Crippen molar-refractivity contribution in [2.24, 2.45) is 5.92 Å². The van der Waals surface area contributed by atoms with Crippen LogP contribution in [0.25, 0.3) is 0 Å². The second-order valence-electron chi connectivity index (χ2n) is 1.42. The van der Waals surface area contributed by atoms with E-state index in [9.17, 15) is 0 Å². The van der Waals surface area contributed by atoms with Crippen LogP contribution in [-0.4, -0.2) is 6.21 Å². The third-order valence-corrected chi connectivity index (χ3v) is 0.781. The van der Waals surface area contributed by atoms with Crippen LogP contribution in [-0.2, 0) is 0 Å². The summed E-state index contributed by atoms with van der Waals surface area (Å²) in [6.45, 7) is 0. The summed E-state index contributed by atoms with van der Waals surface area (Å²) in [5, 5.41) is 6.47. The SMILES string of the molecule is N=[C]C1CC1. The zero-order chi connectivity index (χ0) is 3.70. The van der Waals surface area contributed by atoms with E-state index in [1.807, 2.05) is 0 Å². The van der Waals surface area contributed by atoms with Gasteiger partial charge in [0.05, 0.1) is 6.21 Å². The molecule has 0 saturated heterocycles. The summed E-state index contributed by atoms with van der Waals surface area (Å²) in [5.41, 5.74) is 0. The van der Waals surface area contributed by atoms with E-state index in [1.54, 1.807) is 0 Å². The Kier molecular flexibility index (Phi) is 0.469. The first kappa shape index (κ1) is 2.88. The van der Waals surface area contributed by atoms with E-state index in [1.165, 1.54) is 12.8 Å². The van der Waals surface area contributed by atoms with Crippen LogP contribution in [0.3, 0.4) is 0 Å². The first-order chi connectivity index (χ1) is 2.43. The molecule has 27 valence electrons. The third kappa shape index (κ3) is 0.469. The molecule has 0 bridgehead atoms. The van der Waals surface area contributed by atoms with Gasteiger partial charge >= 0.3 is 0 Å². The van der Waals surface area contributed by atoms with Crippen LogP contribution >= 0.6 is 0 Å². The molecule has 0 aliphatic heterocycles. The molecule has 1 rings (SSSR count). The third-order valence-electron chi connectivity index (χ3n) is 0.781. The molecule has 0 unspecified atom stereocenters. The zero-order valence-corrected chi connectivity index (χ0v) is 2.99. The van der Waals surface area contributed by atoms with Crippen molar-refractivity contribution in [2.45, 2.75) is 12.8 Å². The average Bonchev–Trinajstić information content (AvgIpc) is 2.12. The highest BCUT2D eigenvalue weighted by molar-refractivity contribution is 5.59. The highest BCUT2D eigenvalue weighted by atomic mass is 14.4. The van der Waals surface area contributed by atoms with Crippen molar-refractivity contribution < 1.29 is 0 Å². The molecule has 1 aliphatic rings. The van der Waals surface area contributed by atoms with Gasteiger partial charge in [-0.2, -0.15) is 0 Å². The van der Waals surface area contributed by atoms with E-state index in [-0.39, 0.29) is 0 Å². The molecule has 0 aromatic carbocycles. The molecule has 0 aromatic rings. The molecule has 0 spiro atoms. The minimum atomic E-state index is 0.551. The van der Waals surface area contributed by atoms with E-state index in [0.29, 0.717) is 5.92 Å². The summed E-state index contributed by atoms with van der Waals surface area (Å²) in [5.74, 6) is 0.551. The molecule has 1 aliphatic carbocycles. The number of hydrogen-bond donors (Lipinski definition) is 1. The van der Waals surface area contributed by atoms with E-state index < -0.39 is 0 Å². The molecule has 1 saturated carbocycles. The van der Waals surface area contributed by atoms with Crippen molar-refractivity contribution in [1.82, 2.24) is 0 Å². The summed E-state index contributed by atoms with van der Waals surface area (Å²) in [7, 11) is 0. The lowest BCUT2D eigenvalue weighted by molar-refractivity contribution is 1.21. The van der Waals surface area contributed by atoms with Crippen LogP contribution in [0, 0.1) is 11.3 Å². The normalized spacial score (nSPS) is 22.4. The summed E-state index contributed by atoms with van der Waals surface area (Å²) in [4.78, 5) is 0. The Bertz CT molecular complexity index is 45.6. The standard InChI is InChI=1S/C4H6N/c5-3-4-1-2-4/h4-5H,1-2H2. The van der Waals surface area contributed by atoms with Gasteiger partial charge in [0.2, 0.25) is 0 Å². The Hall–Kier alpha value is -0.330. The highest BCUT2D eigenvalue weighted by Crippen LogP contribution is 2.25. The maximum atomic E-state index is 6.47. The largest absolute Gasteiger partial charge is 0.303 e. The Balaban J connectivity index is 2.21. The molecular weight excluding hydrogens is 62.1 g/mol. The van der Waals surface area contributed by atoms with Crippen LogP contribution in [0.2, 0.25) is 0 Å². The van der Waals surface area contributed by atoms with Gasteiger partial charge < -0.3 is 5.41 Å². The number of rotatable bonds is 1. The first-order valence-electron chi connectivity index (χ1n) is 1.86. The Labute approximate surface area is 31.5 Å². The van der Waals surface area contributed by atoms with Crippen molar-refractivity contribution in [2.75, 3.05) is 0 Å². The zero-order valence-electron chi connectivity index (χ0n) is 2.99. The summed E-state index contributed by atoms with van der Waals surface area (Å²) >= 11 is 0. The summed E-state index contributed by atoms with van der Waals surface area (Å²) < 4.78 is 0. The van der Waals surface area contributed by atoms with Gasteiger partial charge in [0, 0.05) is 5.92 Å². The van der Waals surface area contributed by atoms with Gasteiger partial charge in [0.15, 0.2) is 0 Å². The molecule has 1 nitrogen and oxygen atoms in total. The second-order valence-corrected chi connectivity index (χ2v) is 1.42. The Morgan fingerprint density at radius 2 is 2.20 bits per heavy atom. The van der Waals surface area contributed by atoms with Crippen molar-refractivity contribution in [3.05, 3.63) is 0 Å². The molecular formula is C4H6N. The van der Waals surface area contributed by atoms with Crippen molar-refractivity contribution in [1.29, 1.82) is 5.41 Å². The molecule has 0 atom stereocenters. The highest BCUT2D eigenvalue weighted by Gasteiger charge is 2.17. The van der Waals surface area contributed by atoms with Crippen LogP contribution in [0.1, 0.15) is 12.8 Å². The molecule has 0 amide bonds. The monoisotopic (exact) mass is 68.1 g/mol.